The molecule has 0 spiro atoms. The molecular weight excluding hydrogens is 307 g/mol. The van der Waals surface area contributed by atoms with Gasteiger partial charge in [0.25, 0.3) is 0 Å². The number of aromatic nitrogens is 2. The van der Waals surface area contributed by atoms with E-state index in [1.807, 2.05) is 18.0 Å². The van der Waals surface area contributed by atoms with Gasteiger partial charge in [-0.3, -0.25) is 0 Å². The van der Waals surface area contributed by atoms with Gasteiger partial charge in [-0.15, -0.1) is 0 Å². The third-order valence-electron chi connectivity index (χ3n) is 4.97. The van der Waals surface area contributed by atoms with Gasteiger partial charge in [-0.2, -0.15) is 0 Å². The Morgan fingerprint density at radius 3 is 2.96 bits per heavy atom. The second-order valence-electron chi connectivity index (χ2n) is 6.57. The zero-order valence-corrected chi connectivity index (χ0v) is 13.7. The first-order chi connectivity index (χ1) is 11.5. The molecule has 24 heavy (non-hydrogen) atoms. The first kappa shape index (κ1) is 15.1. The average molecular weight is 326 g/mol. The van der Waals surface area contributed by atoms with E-state index >= 15 is 0 Å². The Kier molecular flexibility index (Phi) is 3.48. The molecule has 1 saturated heterocycles. The number of fused-ring (bicyclic) bond motifs is 4. The second kappa shape index (κ2) is 5.54. The van der Waals surface area contributed by atoms with Gasteiger partial charge in [0.1, 0.15) is 11.6 Å². The smallest absolute Gasteiger partial charge is 0.314 e. The van der Waals surface area contributed by atoms with Crippen LogP contribution in [-0.2, 0) is 6.42 Å². The molecule has 1 fully saturated rings. The zero-order valence-electron chi connectivity index (χ0n) is 13.7. The Morgan fingerprint density at radius 2 is 2.17 bits per heavy atom. The van der Waals surface area contributed by atoms with Gasteiger partial charge in [0.2, 0.25) is 0 Å². The molecule has 1 N–H and O–H groups in total. The summed E-state index contributed by atoms with van der Waals surface area (Å²) >= 11 is 0. The second-order valence-corrected chi connectivity index (χ2v) is 6.57. The van der Waals surface area contributed by atoms with E-state index in [0.717, 1.165) is 36.3 Å². The van der Waals surface area contributed by atoms with Crippen molar-refractivity contribution in [2.45, 2.75) is 45.2 Å². The lowest BCUT2D eigenvalue weighted by Crippen LogP contribution is -2.44. The van der Waals surface area contributed by atoms with Crippen LogP contribution in [0.25, 0.3) is 0 Å². The van der Waals surface area contributed by atoms with Crippen molar-refractivity contribution in [1.82, 2.24) is 14.9 Å². The molecule has 124 valence electrons. The maximum absolute atomic E-state index is 13.7. The molecule has 3 heterocycles. The summed E-state index contributed by atoms with van der Waals surface area (Å²) in [5, 5.41) is 2.83. The Hall–Kier alpha value is -2.50. The Labute approximate surface area is 139 Å². The lowest BCUT2D eigenvalue weighted by molar-refractivity contribution is 0.178. The number of carbonyl (C=O) groups excluding carboxylic acids is 1. The Balaban J connectivity index is 1.59. The van der Waals surface area contributed by atoms with Crippen LogP contribution in [0.4, 0.5) is 14.9 Å². The van der Waals surface area contributed by atoms with Crippen LogP contribution in [0.5, 0.6) is 0 Å². The maximum atomic E-state index is 13.7. The predicted molar refractivity (Wildman–Crippen MR) is 88.2 cm³/mol. The van der Waals surface area contributed by atoms with Crippen LogP contribution < -0.4 is 5.32 Å². The topological polar surface area (TPSA) is 58.1 Å². The van der Waals surface area contributed by atoms with E-state index in [0.29, 0.717) is 11.3 Å². The van der Waals surface area contributed by atoms with E-state index < -0.39 is 0 Å². The van der Waals surface area contributed by atoms with Crippen molar-refractivity contribution in [2.75, 3.05) is 5.32 Å². The molecule has 0 aliphatic carbocycles. The number of benzene rings is 1. The highest BCUT2D eigenvalue weighted by Gasteiger charge is 2.43. The third-order valence-corrected chi connectivity index (χ3v) is 4.97. The number of urea groups is 1. The molecule has 2 aromatic rings. The van der Waals surface area contributed by atoms with Crippen LogP contribution >= 0.6 is 0 Å². The van der Waals surface area contributed by atoms with Crippen molar-refractivity contribution in [3.8, 4) is 0 Å². The van der Waals surface area contributed by atoms with Gasteiger partial charge >= 0.3 is 6.03 Å². The molecule has 0 unspecified atom stereocenters. The quantitative estimate of drug-likeness (QED) is 0.872. The van der Waals surface area contributed by atoms with Crippen LogP contribution in [0.15, 0.2) is 24.4 Å². The van der Waals surface area contributed by atoms with E-state index in [1.54, 1.807) is 19.1 Å². The van der Waals surface area contributed by atoms with Gasteiger partial charge in [0, 0.05) is 29.9 Å². The van der Waals surface area contributed by atoms with E-state index in [2.05, 4.69) is 15.3 Å². The molecule has 0 radical (unpaired) electrons. The molecule has 1 aromatic heterocycles. The number of hydrogen-bond donors (Lipinski definition) is 1. The van der Waals surface area contributed by atoms with Gasteiger partial charge in [-0.1, -0.05) is 6.07 Å². The van der Waals surface area contributed by atoms with Gasteiger partial charge in [0.05, 0.1) is 11.7 Å². The fourth-order valence-corrected chi connectivity index (χ4v) is 3.75. The van der Waals surface area contributed by atoms with Crippen LogP contribution in [0.2, 0.25) is 0 Å². The summed E-state index contributed by atoms with van der Waals surface area (Å²) < 4.78 is 13.7. The molecule has 1 aromatic carbocycles. The number of hydrogen-bond acceptors (Lipinski definition) is 3. The van der Waals surface area contributed by atoms with E-state index in [9.17, 15) is 9.18 Å². The minimum atomic E-state index is -0.316. The van der Waals surface area contributed by atoms with E-state index in [4.69, 9.17) is 0 Å². The number of halogens is 1. The summed E-state index contributed by atoms with van der Waals surface area (Å²) in [4.78, 5) is 23.5. The van der Waals surface area contributed by atoms with Crippen molar-refractivity contribution in [3.05, 3.63) is 52.9 Å². The number of nitrogens with zero attached hydrogens (tertiary/aromatic N) is 3. The van der Waals surface area contributed by atoms with Crippen molar-refractivity contribution in [3.63, 3.8) is 0 Å². The molecule has 0 saturated carbocycles. The molecular formula is C18H19FN4O. The van der Waals surface area contributed by atoms with Crippen molar-refractivity contribution < 1.29 is 9.18 Å². The molecule has 2 amide bonds. The third kappa shape index (κ3) is 2.42. The first-order valence-corrected chi connectivity index (χ1v) is 8.21. The minimum absolute atomic E-state index is 0.00893. The first-order valence-electron chi connectivity index (χ1n) is 8.21. The van der Waals surface area contributed by atoms with Gasteiger partial charge in [-0.25, -0.2) is 19.2 Å². The van der Waals surface area contributed by atoms with Crippen molar-refractivity contribution in [1.29, 1.82) is 0 Å². The van der Waals surface area contributed by atoms with Crippen LogP contribution in [-0.4, -0.2) is 26.9 Å². The molecule has 2 aliphatic rings. The molecule has 2 bridgehead atoms. The lowest BCUT2D eigenvalue weighted by Gasteiger charge is -2.35. The fourth-order valence-electron chi connectivity index (χ4n) is 3.75. The number of nitrogens with one attached hydrogen (secondary N) is 1. The van der Waals surface area contributed by atoms with Crippen LogP contribution in [0.1, 0.15) is 41.5 Å². The SMILES string of the molecule is Cc1ncc2c(n1)C[C@@H]1CC[C@H]2N1C(=O)Nc1ccc(C)c(F)c1. The van der Waals surface area contributed by atoms with Crippen molar-refractivity contribution in [2.24, 2.45) is 0 Å². The molecule has 5 nitrogen and oxygen atoms in total. The summed E-state index contributed by atoms with van der Waals surface area (Å²) in [5.74, 6) is 0.449. The average Bonchev–Trinajstić information content (AvgIpc) is 2.86. The normalized spacial score (nSPS) is 21.5. The standard InChI is InChI=1S/C18H19FN4O/c1-10-3-4-12(7-15(10)19)22-18(24)23-13-5-6-17(23)14-9-20-11(2)21-16(14)8-13/h3-4,7,9,13,17H,5-6,8H2,1-2H3,(H,22,24)/t13-,17+/m0/s1. The van der Waals surface area contributed by atoms with Crippen LogP contribution in [0.3, 0.4) is 0 Å². The maximum Gasteiger partial charge on any atom is 0.322 e. The monoisotopic (exact) mass is 326 g/mol. The highest BCUT2D eigenvalue weighted by Crippen LogP contribution is 2.43. The summed E-state index contributed by atoms with van der Waals surface area (Å²) in [7, 11) is 0. The van der Waals surface area contributed by atoms with Gasteiger partial charge < -0.3 is 10.2 Å². The molecule has 6 heteroatoms. The summed E-state index contributed by atoms with van der Waals surface area (Å²) in [5.41, 5.74) is 3.14. The lowest BCUT2D eigenvalue weighted by atomic mass is 9.99. The number of rotatable bonds is 1. The number of carbonyl (C=O) groups is 1. The van der Waals surface area contributed by atoms with Gasteiger partial charge in [-0.05, 0) is 44.4 Å². The van der Waals surface area contributed by atoms with E-state index in [-0.39, 0.29) is 23.9 Å². The fraction of sp³-hybridized carbons (Fsp3) is 0.389. The number of amides is 2. The predicted octanol–water partition coefficient (Wildman–Crippen LogP) is 3.53. The van der Waals surface area contributed by atoms with Gasteiger partial charge in [0.15, 0.2) is 0 Å². The summed E-state index contributed by atoms with van der Waals surface area (Å²) in [6, 6.07) is 4.72. The molecule has 4 rings (SSSR count). The van der Waals surface area contributed by atoms with Crippen molar-refractivity contribution >= 4 is 11.7 Å². The molecule has 2 atom stereocenters. The van der Waals surface area contributed by atoms with E-state index in [1.165, 1.54) is 6.07 Å². The summed E-state index contributed by atoms with van der Waals surface area (Å²) in [6.07, 6.45) is 4.47. The molecule has 2 aliphatic heterocycles. The Bertz CT molecular complexity index is 823. The van der Waals surface area contributed by atoms with Crippen LogP contribution in [0, 0.1) is 19.7 Å². The highest BCUT2D eigenvalue weighted by atomic mass is 19.1. The largest absolute Gasteiger partial charge is 0.322 e. The number of aryl methyl sites for hydroxylation is 2. The highest BCUT2D eigenvalue weighted by molar-refractivity contribution is 5.90. The summed E-state index contributed by atoms with van der Waals surface area (Å²) in [6.45, 7) is 3.58. The Morgan fingerprint density at radius 1 is 1.33 bits per heavy atom. The minimum Gasteiger partial charge on any atom is -0.314 e. The zero-order chi connectivity index (χ0) is 16.8. The number of anilines is 1.